The Morgan fingerprint density at radius 2 is 0.947 bits per heavy atom. The molecule has 0 bridgehead atoms. The van der Waals surface area contributed by atoms with E-state index in [1.54, 1.807) is 0 Å². The second kappa shape index (κ2) is 42.1. The first-order valence-corrected chi connectivity index (χ1v) is 24.4. The van der Waals surface area contributed by atoms with Crippen LogP contribution in [0.1, 0.15) is 194 Å². The van der Waals surface area contributed by atoms with Gasteiger partial charge in [0.05, 0.1) is 13.2 Å². The summed E-state index contributed by atoms with van der Waals surface area (Å²) in [4.78, 5) is 37.0. The highest BCUT2D eigenvalue weighted by Crippen LogP contribution is 2.43. The van der Waals surface area contributed by atoms with Gasteiger partial charge in [0.25, 0.3) is 0 Å². The highest BCUT2D eigenvalue weighted by molar-refractivity contribution is 7.47. The molecule has 0 aliphatic rings. The van der Waals surface area contributed by atoms with Crippen LogP contribution < -0.4 is 0 Å². The van der Waals surface area contributed by atoms with Gasteiger partial charge in [0.1, 0.15) is 6.61 Å². The number of nitrogens with zero attached hydrogens (tertiary/aromatic N) is 1. The summed E-state index contributed by atoms with van der Waals surface area (Å²) >= 11 is 0. The molecule has 0 aliphatic heterocycles. The van der Waals surface area contributed by atoms with Crippen molar-refractivity contribution in [1.82, 2.24) is 4.90 Å². The Kier molecular flexibility index (Phi) is 40.6. The number of phosphoric ester groups is 1. The van der Waals surface area contributed by atoms with E-state index in [2.05, 4.69) is 62.5 Å². The van der Waals surface area contributed by atoms with Gasteiger partial charge in [-0.3, -0.25) is 18.6 Å². The molecule has 0 aromatic heterocycles. The van der Waals surface area contributed by atoms with E-state index in [4.69, 9.17) is 18.5 Å². The molecule has 1 N–H and O–H groups in total. The van der Waals surface area contributed by atoms with Crippen molar-refractivity contribution in [1.29, 1.82) is 0 Å². The summed E-state index contributed by atoms with van der Waals surface area (Å²) in [5.41, 5.74) is 0. The van der Waals surface area contributed by atoms with Gasteiger partial charge in [0.2, 0.25) is 0 Å². The van der Waals surface area contributed by atoms with Crippen LogP contribution in [0.2, 0.25) is 0 Å². The van der Waals surface area contributed by atoms with Crippen molar-refractivity contribution in [2.75, 3.05) is 40.5 Å². The maximum Gasteiger partial charge on any atom is 0.472 e. The van der Waals surface area contributed by atoms with E-state index in [0.29, 0.717) is 19.4 Å². The summed E-state index contributed by atoms with van der Waals surface area (Å²) < 4.78 is 33.5. The van der Waals surface area contributed by atoms with Gasteiger partial charge >= 0.3 is 19.8 Å². The Bertz CT molecular complexity index is 1090. The molecule has 2 unspecified atom stereocenters. The zero-order valence-electron chi connectivity index (χ0n) is 37.0. The van der Waals surface area contributed by atoms with Crippen molar-refractivity contribution < 1.29 is 37.6 Å². The Morgan fingerprint density at radius 3 is 1.49 bits per heavy atom. The normalized spacial score (nSPS) is 13.8. The lowest BCUT2D eigenvalue weighted by molar-refractivity contribution is -0.161. The van der Waals surface area contributed by atoms with Gasteiger partial charge in [-0.2, -0.15) is 0 Å². The maximum absolute atomic E-state index is 12.7. The van der Waals surface area contributed by atoms with Crippen molar-refractivity contribution in [3.05, 3.63) is 48.6 Å². The molecule has 57 heavy (non-hydrogen) atoms. The Balaban J connectivity index is 4.31. The zero-order chi connectivity index (χ0) is 41.9. The molecule has 0 aromatic rings. The molecule has 0 aliphatic carbocycles. The van der Waals surface area contributed by atoms with Crippen LogP contribution in [0.4, 0.5) is 0 Å². The second-order valence-corrected chi connectivity index (χ2v) is 17.0. The molecule has 9 nitrogen and oxygen atoms in total. The number of rotatable bonds is 42. The fraction of sp³-hybridized carbons (Fsp3) is 0.787. The van der Waals surface area contributed by atoms with E-state index in [9.17, 15) is 19.0 Å². The summed E-state index contributed by atoms with van der Waals surface area (Å²) in [6, 6.07) is 0. The summed E-state index contributed by atoms with van der Waals surface area (Å²) in [7, 11) is -0.731. The van der Waals surface area contributed by atoms with E-state index >= 15 is 0 Å². The molecule has 332 valence electrons. The molecule has 0 saturated carbocycles. The third-order valence-corrected chi connectivity index (χ3v) is 10.6. The zero-order valence-corrected chi connectivity index (χ0v) is 37.9. The highest BCUT2D eigenvalue weighted by atomic mass is 31.2. The van der Waals surface area contributed by atoms with Crippen molar-refractivity contribution in [3.63, 3.8) is 0 Å². The largest absolute Gasteiger partial charge is 0.472 e. The molecular weight excluding hydrogens is 737 g/mol. The molecule has 0 saturated heterocycles. The summed E-state index contributed by atoms with van der Waals surface area (Å²) in [5, 5.41) is 0. The first kappa shape index (κ1) is 55.0. The fourth-order valence-electron chi connectivity index (χ4n) is 6.04. The lowest BCUT2D eigenvalue weighted by atomic mass is 10.1. The average molecular weight is 824 g/mol. The summed E-state index contributed by atoms with van der Waals surface area (Å²) in [5.74, 6) is -0.849. The number of phosphoric acid groups is 1. The van der Waals surface area contributed by atoms with E-state index in [0.717, 1.165) is 51.4 Å². The van der Waals surface area contributed by atoms with E-state index in [1.165, 1.54) is 103 Å². The average Bonchev–Trinajstić information content (AvgIpc) is 3.18. The number of allylic oxidation sites excluding steroid dienone is 8. The number of unbranched alkanes of at least 4 members (excludes halogenated alkanes) is 20. The van der Waals surface area contributed by atoms with Crippen LogP contribution in [0.5, 0.6) is 0 Å². The first-order chi connectivity index (χ1) is 27.7. The van der Waals surface area contributed by atoms with Crippen LogP contribution in [0.25, 0.3) is 0 Å². The predicted molar refractivity (Wildman–Crippen MR) is 238 cm³/mol. The molecule has 0 radical (unpaired) electrons. The highest BCUT2D eigenvalue weighted by Gasteiger charge is 2.26. The molecule has 0 aromatic carbocycles. The van der Waals surface area contributed by atoms with E-state index in [1.807, 2.05) is 19.0 Å². The minimum Gasteiger partial charge on any atom is -0.462 e. The minimum absolute atomic E-state index is 0.0000431. The van der Waals surface area contributed by atoms with Gasteiger partial charge in [-0.15, -0.1) is 0 Å². The van der Waals surface area contributed by atoms with Gasteiger partial charge < -0.3 is 19.3 Å². The fourth-order valence-corrected chi connectivity index (χ4v) is 6.78. The summed E-state index contributed by atoms with van der Waals surface area (Å²) in [6.07, 6.45) is 47.3. The molecular formula is C47H86NO8P. The van der Waals surface area contributed by atoms with Crippen molar-refractivity contribution in [2.45, 2.75) is 200 Å². The SMILES string of the molecule is CCCCC/C=C\C/C=C\C/C=C\CCCCC(=O)OCC(COP(=O)(O)OCCN(C)C)OC(=O)CCCCCCCCCCC/C=C\CCCCCCCC. The monoisotopic (exact) mass is 824 g/mol. The van der Waals surface area contributed by atoms with Crippen molar-refractivity contribution in [3.8, 4) is 0 Å². The molecule has 0 heterocycles. The third kappa shape index (κ3) is 43.4. The lowest BCUT2D eigenvalue weighted by Gasteiger charge is -2.20. The number of carbonyl (C=O) groups is 2. The number of hydrogen-bond donors (Lipinski definition) is 1. The van der Waals surface area contributed by atoms with Crippen LogP contribution >= 0.6 is 7.82 Å². The van der Waals surface area contributed by atoms with Crippen molar-refractivity contribution in [2.24, 2.45) is 0 Å². The van der Waals surface area contributed by atoms with Crippen molar-refractivity contribution >= 4 is 19.8 Å². The number of hydrogen-bond acceptors (Lipinski definition) is 8. The Labute approximate surface area is 350 Å². The number of ether oxygens (including phenoxy) is 2. The first-order valence-electron chi connectivity index (χ1n) is 22.9. The van der Waals surface area contributed by atoms with Gasteiger partial charge in [0.15, 0.2) is 6.10 Å². The topological polar surface area (TPSA) is 112 Å². The maximum atomic E-state index is 12.7. The van der Waals surface area contributed by atoms with Crippen LogP contribution in [-0.4, -0.2) is 68.3 Å². The molecule has 0 amide bonds. The molecule has 0 fully saturated rings. The van der Waals surface area contributed by atoms with E-state index < -0.39 is 32.5 Å². The smallest absolute Gasteiger partial charge is 0.462 e. The summed E-state index contributed by atoms with van der Waals surface area (Å²) in [6.45, 7) is 4.25. The van der Waals surface area contributed by atoms with E-state index in [-0.39, 0.29) is 26.1 Å². The second-order valence-electron chi connectivity index (χ2n) is 15.6. The molecule has 2 atom stereocenters. The van der Waals surface area contributed by atoms with Crippen LogP contribution in [0.3, 0.4) is 0 Å². The molecule has 0 rings (SSSR count). The minimum atomic E-state index is -4.37. The van der Waals surface area contributed by atoms with Crippen LogP contribution in [-0.2, 0) is 32.7 Å². The number of carbonyl (C=O) groups excluding carboxylic acids is 2. The Morgan fingerprint density at radius 1 is 0.544 bits per heavy atom. The van der Waals surface area contributed by atoms with Gasteiger partial charge in [0, 0.05) is 19.4 Å². The standard InChI is InChI=1S/C47H86NO8P/c1-5-7-9-11-13-15-17-19-21-22-23-24-26-28-30-32-34-36-38-40-47(50)56-45(44-55-57(51,52)54-42-41-48(3)4)43-53-46(49)39-37-35-33-31-29-27-25-20-18-16-14-12-10-8-6-2/h14,16,19-21,25,29,31,45H,5-13,15,17-18,22-24,26-28,30,32-44H2,1-4H3,(H,51,52)/b16-14-,21-19-,25-20-,31-29-. The van der Waals surface area contributed by atoms with Crippen LogP contribution in [0, 0.1) is 0 Å². The third-order valence-electron chi connectivity index (χ3n) is 9.61. The quantitative estimate of drug-likeness (QED) is 0.0278. The number of esters is 2. The van der Waals surface area contributed by atoms with Crippen LogP contribution in [0.15, 0.2) is 48.6 Å². The predicted octanol–water partition coefficient (Wildman–Crippen LogP) is 13.3. The molecule has 10 heteroatoms. The van der Waals surface area contributed by atoms with Gasteiger partial charge in [-0.25, -0.2) is 4.57 Å². The molecule has 0 spiro atoms. The lowest BCUT2D eigenvalue weighted by Crippen LogP contribution is -2.29. The van der Waals surface area contributed by atoms with Gasteiger partial charge in [-0.05, 0) is 91.1 Å². The van der Waals surface area contributed by atoms with Gasteiger partial charge in [-0.1, -0.05) is 152 Å². The Hall–Kier alpha value is -2.03. The number of likely N-dealkylation sites (N-methyl/N-ethyl adjacent to an activating group) is 1.